The Morgan fingerprint density at radius 1 is 1.44 bits per heavy atom. The normalized spacial score (nSPS) is 25.4. The zero-order chi connectivity index (χ0) is 13.3. The fourth-order valence-electron chi connectivity index (χ4n) is 2.48. The molecule has 0 aliphatic carbocycles. The Bertz CT molecular complexity index is 403. The first kappa shape index (κ1) is 13.4. The van der Waals surface area contributed by atoms with Crippen molar-refractivity contribution in [2.24, 2.45) is 13.0 Å². The van der Waals surface area contributed by atoms with E-state index in [-0.39, 0.29) is 19.0 Å². The van der Waals surface area contributed by atoms with Crippen LogP contribution in [0.2, 0.25) is 0 Å². The van der Waals surface area contributed by atoms with Crippen molar-refractivity contribution in [3.63, 3.8) is 0 Å². The third-order valence-electron chi connectivity index (χ3n) is 3.53. The molecule has 102 valence electrons. The fourth-order valence-corrected chi connectivity index (χ4v) is 2.48. The maximum atomic E-state index is 12.5. The van der Waals surface area contributed by atoms with Gasteiger partial charge < -0.3 is 5.32 Å². The molecule has 2 atom stereocenters. The Morgan fingerprint density at radius 3 is 2.61 bits per heavy atom. The van der Waals surface area contributed by atoms with Crippen molar-refractivity contribution in [1.29, 1.82) is 0 Å². The molecule has 6 heteroatoms. The Labute approximate surface area is 104 Å². The number of piperidine rings is 1. The predicted molar refractivity (Wildman–Crippen MR) is 62.2 cm³/mol. The third-order valence-corrected chi connectivity index (χ3v) is 3.53. The van der Waals surface area contributed by atoms with E-state index in [4.69, 9.17) is 0 Å². The minimum Gasteiger partial charge on any atom is -0.313 e. The molecular formula is C12H18F3N3. The Hall–Kier alpha value is -1.04. The van der Waals surface area contributed by atoms with Gasteiger partial charge in [0.2, 0.25) is 0 Å². The fraction of sp³-hybridized carbons (Fsp3) is 0.750. The molecule has 1 aromatic rings. The zero-order valence-electron chi connectivity index (χ0n) is 10.6. The number of hydrogen-bond acceptors (Lipinski definition) is 2. The highest BCUT2D eigenvalue weighted by atomic mass is 19.4. The van der Waals surface area contributed by atoms with Crippen LogP contribution < -0.4 is 5.32 Å². The molecule has 0 bridgehead atoms. The first-order chi connectivity index (χ1) is 8.36. The Kier molecular flexibility index (Phi) is 3.66. The van der Waals surface area contributed by atoms with E-state index >= 15 is 0 Å². The molecule has 0 aromatic carbocycles. The highest BCUT2D eigenvalue weighted by Gasteiger charge is 2.41. The molecular weight excluding hydrogens is 243 g/mol. The van der Waals surface area contributed by atoms with Gasteiger partial charge in [-0.1, -0.05) is 0 Å². The van der Waals surface area contributed by atoms with Crippen molar-refractivity contribution in [2.45, 2.75) is 38.4 Å². The lowest BCUT2D eigenvalue weighted by Crippen LogP contribution is -2.45. The molecule has 1 fully saturated rings. The summed E-state index contributed by atoms with van der Waals surface area (Å²) < 4.78 is 39.3. The lowest BCUT2D eigenvalue weighted by Gasteiger charge is -2.31. The summed E-state index contributed by atoms with van der Waals surface area (Å²) in [7, 11) is 1.86. The van der Waals surface area contributed by atoms with Crippen LogP contribution in [0.1, 0.15) is 24.2 Å². The maximum absolute atomic E-state index is 12.5. The number of nitrogens with one attached hydrogen (secondary N) is 1. The number of hydrogen-bond donors (Lipinski definition) is 1. The van der Waals surface area contributed by atoms with Crippen LogP contribution >= 0.6 is 0 Å². The molecule has 2 rings (SSSR count). The van der Waals surface area contributed by atoms with E-state index in [1.54, 1.807) is 4.68 Å². The van der Waals surface area contributed by atoms with Crippen LogP contribution in [0.3, 0.4) is 0 Å². The van der Waals surface area contributed by atoms with Crippen molar-refractivity contribution in [3.8, 4) is 0 Å². The monoisotopic (exact) mass is 261 g/mol. The van der Waals surface area contributed by atoms with Gasteiger partial charge in [-0.2, -0.15) is 18.3 Å². The van der Waals surface area contributed by atoms with E-state index in [1.165, 1.54) is 0 Å². The zero-order valence-corrected chi connectivity index (χ0v) is 10.6. The van der Waals surface area contributed by atoms with E-state index in [2.05, 4.69) is 10.4 Å². The van der Waals surface area contributed by atoms with E-state index in [0.29, 0.717) is 6.42 Å². The summed E-state index contributed by atoms with van der Waals surface area (Å²) in [5.41, 5.74) is 2.01. The summed E-state index contributed by atoms with van der Waals surface area (Å²) >= 11 is 0. The van der Waals surface area contributed by atoms with Crippen molar-refractivity contribution in [3.05, 3.63) is 17.5 Å². The smallest absolute Gasteiger partial charge is 0.313 e. The highest BCUT2D eigenvalue weighted by Crippen LogP contribution is 2.32. The van der Waals surface area contributed by atoms with Crippen LogP contribution in [0.5, 0.6) is 0 Å². The average molecular weight is 261 g/mol. The number of rotatable bonds is 2. The molecule has 1 aliphatic heterocycles. The van der Waals surface area contributed by atoms with Gasteiger partial charge in [-0.05, 0) is 25.8 Å². The quantitative estimate of drug-likeness (QED) is 0.884. The molecule has 0 amide bonds. The number of aryl methyl sites for hydroxylation is 2. The Morgan fingerprint density at radius 2 is 2.17 bits per heavy atom. The van der Waals surface area contributed by atoms with Gasteiger partial charge in [0.05, 0.1) is 11.6 Å². The molecule has 3 nitrogen and oxygen atoms in total. The molecule has 18 heavy (non-hydrogen) atoms. The third kappa shape index (κ3) is 3.04. The summed E-state index contributed by atoms with van der Waals surface area (Å²) in [5, 5.41) is 7.24. The van der Waals surface area contributed by atoms with Crippen molar-refractivity contribution in [2.75, 3.05) is 6.54 Å². The number of alkyl halides is 3. The summed E-state index contributed by atoms with van der Waals surface area (Å²) in [6.07, 6.45) is -2.55. The van der Waals surface area contributed by atoms with Crippen molar-refractivity contribution < 1.29 is 13.2 Å². The van der Waals surface area contributed by atoms with Gasteiger partial charge in [0.25, 0.3) is 0 Å². The predicted octanol–water partition coefficient (Wildman–Crippen LogP) is 2.20. The molecule has 0 saturated carbocycles. The Balaban J connectivity index is 1.89. The van der Waals surface area contributed by atoms with Gasteiger partial charge in [0.1, 0.15) is 0 Å². The van der Waals surface area contributed by atoms with Gasteiger partial charge in [0, 0.05) is 31.7 Å². The number of halogens is 3. The van der Waals surface area contributed by atoms with Crippen molar-refractivity contribution >= 4 is 0 Å². The van der Waals surface area contributed by atoms with Gasteiger partial charge in [-0.15, -0.1) is 0 Å². The molecule has 0 radical (unpaired) electrons. The van der Waals surface area contributed by atoms with Gasteiger partial charge in [-0.3, -0.25) is 4.68 Å². The molecule has 1 saturated heterocycles. The first-order valence-electron chi connectivity index (χ1n) is 6.16. The largest absolute Gasteiger partial charge is 0.393 e. The lowest BCUT2D eigenvalue weighted by molar-refractivity contribution is -0.179. The van der Waals surface area contributed by atoms with Gasteiger partial charge in [0.15, 0.2) is 0 Å². The van der Waals surface area contributed by atoms with Crippen LogP contribution in [-0.2, 0) is 13.5 Å². The van der Waals surface area contributed by atoms with Gasteiger partial charge in [-0.25, -0.2) is 0 Å². The molecule has 1 N–H and O–H groups in total. The SMILES string of the molecule is Cc1cc(CC2CCC(C(F)(F)F)CN2)n(C)n1. The minimum atomic E-state index is -4.07. The van der Waals surface area contributed by atoms with Gasteiger partial charge >= 0.3 is 6.18 Å². The maximum Gasteiger partial charge on any atom is 0.393 e. The van der Waals surface area contributed by atoms with Crippen LogP contribution in [0.25, 0.3) is 0 Å². The van der Waals surface area contributed by atoms with Crippen LogP contribution in [0.15, 0.2) is 6.07 Å². The van der Waals surface area contributed by atoms with E-state index in [9.17, 15) is 13.2 Å². The lowest BCUT2D eigenvalue weighted by atomic mass is 9.92. The summed E-state index contributed by atoms with van der Waals surface area (Å²) in [4.78, 5) is 0. The molecule has 1 aliphatic rings. The second-order valence-corrected chi connectivity index (χ2v) is 5.03. The number of nitrogens with zero attached hydrogens (tertiary/aromatic N) is 2. The summed E-state index contributed by atoms with van der Waals surface area (Å²) in [6, 6.07) is 2.11. The first-order valence-corrected chi connectivity index (χ1v) is 6.16. The highest BCUT2D eigenvalue weighted by molar-refractivity contribution is 5.10. The van der Waals surface area contributed by atoms with E-state index in [0.717, 1.165) is 17.8 Å². The second kappa shape index (κ2) is 4.91. The summed E-state index contributed by atoms with van der Waals surface area (Å²) in [5.74, 6) is -1.19. The summed E-state index contributed by atoms with van der Waals surface area (Å²) in [6.45, 7) is 1.95. The second-order valence-electron chi connectivity index (χ2n) is 5.03. The minimum absolute atomic E-state index is 0.0327. The standard InChI is InChI=1S/C12H18F3N3/c1-8-5-11(18(2)17-8)6-10-4-3-9(7-16-10)12(13,14)15/h5,9-10,16H,3-4,6-7H2,1-2H3. The van der Waals surface area contributed by atoms with Crippen LogP contribution in [0, 0.1) is 12.8 Å². The van der Waals surface area contributed by atoms with E-state index < -0.39 is 12.1 Å². The van der Waals surface area contributed by atoms with E-state index in [1.807, 2.05) is 20.0 Å². The van der Waals surface area contributed by atoms with Crippen LogP contribution in [0.4, 0.5) is 13.2 Å². The molecule has 2 heterocycles. The number of aromatic nitrogens is 2. The molecule has 1 aromatic heterocycles. The van der Waals surface area contributed by atoms with Crippen LogP contribution in [-0.4, -0.2) is 28.5 Å². The molecule has 2 unspecified atom stereocenters. The van der Waals surface area contributed by atoms with Crippen molar-refractivity contribution in [1.82, 2.24) is 15.1 Å². The topological polar surface area (TPSA) is 29.9 Å². The molecule has 0 spiro atoms. The average Bonchev–Trinajstić information content (AvgIpc) is 2.57.